The maximum atomic E-state index is 11.5. The second-order valence-electron chi connectivity index (χ2n) is 6.04. The third-order valence-corrected chi connectivity index (χ3v) is 4.32. The molecule has 0 aliphatic carbocycles. The highest BCUT2D eigenvalue weighted by molar-refractivity contribution is 7.16. The largest absolute Gasteiger partial charge is 0.298 e. The van der Waals surface area contributed by atoms with E-state index in [1.165, 1.54) is 23.0 Å². The van der Waals surface area contributed by atoms with Gasteiger partial charge in [0, 0.05) is 21.7 Å². The highest BCUT2D eigenvalue weighted by atomic mass is 35.5. The Morgan fingerprint density at radius 2 is 2.00 bits per heavy atom. The topological polar surface area (TPSA) is 42.0 Å². The van der Waals surface area contributed by atoms with Crippen molar-refractivity contribution < 1.29 is 4.79 Å². The number of hydrogen-bond acceptors (Lipinski definition) is 3. The summed E-state index contributed by atoms with van der Waals surface area (Å²) in [6.45, 7) is 9.82. The lowest BCUT2D eigenvalue weighted by Gasteiger charge is -2.17. The molecule has 0 bridgehead atoms. The first-order valence-corrected chi connectivity index (χ1v) is 8.17. The number of hydrogen-bond donors (Lipinski definition) is 1. The lowest BCUT2D eigenvalue weighted by molar-refractivity contribution is -0.111. The molecular formula is C17H19ClN2OS. The van der Waals surface area contributed by atoms with Crippen molar-refractivity contribution in [1.29, 1.82) is 0 Å². The predicted molar refractivity (Wildman–Crippen MR) is 93.9 cm³/mol. The Morgan fingerprint density at radius 3 is 2.55 bits per heavy atom. The van der Waals surface area contributed by atoms with Crippen LogP contribution in [0.1, 0.15) is 36.9 Å². The van der Waals surface area contributed by atoms with Gasteiger partial charge in [-0.2, -0.15) is 0 Å². The molecule has 0 saturated carbocycles. The number of carbonyl (C=O) groups is 1. The van der Waals surface area contributed by atoms with Crippen LogP contribution in [-0.4, -0.2) is 10.9 Å². The summed E-state index contributed by atoms with van der Waals surface area (Å²) in [7, 11) is 0. The number of rotatable bonds is 4. The van der Waals surface area contributed by atoms with E-state index in [2.05, 4.69) is 37.7 Å². The summed E-state index contributed by atoms with van der Waals surface area (Å²) < 4.78 is 0. The highest BCUT2D eigenvalue weighted by Crippen LogP contribution is 2.33. The van der Waals surface area contributed by atoms with Crippen molar-refractivity contribution in [1.82, 2.24) is 4.98 Å². The van der Waals surface area contributed by atoms with Gasteiger partial charge in [0.15, 0.2) is 5.13 Å². The Balaban J connectivity index is 2.33. The summed E-state index contributed by atoms with van der Waals surface area (Å²) >= 11 is 7.43. The number of benzene rings is 1. The van der Waals surface area contributed by atoms with Gasteiger partial charge in [0.1, 0.15) is 0 Å². The molecule has 0 saturated heterocycles. The summed E-state index contributed by atoms with van der Waals surface area (Å²) in [5.41, 5.74) is 2.09. The molecule has 0 aliphatic rings. The van der Waals surface area contributed by atoms with Crippen molar-refractivity contribution in [2.75, 3.05) is 5.32 Å². The Kier molecular flexibility index (Phi) is 5.04. The molecule has 5 heteroatoms. The number of carbonyl (C=O) groups excluding carboxylic acids is 1. The van der Waals surface area contributed by atoms with Crippen LogP contribution < -0.4 is 5.32 Å². The number of halogens is 1. The average Bonchev–Trinajstić information content (AvgIpc) is 2.84. The van der Waals surface area contributed by atoms with E-state index in [9.17, 15) is 4.79 Å². The van der Waals surface area contributed by atoms with Gasteiger partial charge in [0.05, 0.1) is 5.69 Å². The zero-order valence-corrected chi connectivity index (χ0v) is 14.5. The molecule has 0 radical (unpaired) electrons. The molecule has 0 aliphatic heterocycles. The molecule has 1 N–H and O–H groups in total. The number of anilines is 1. The monoisotopic (exact) mass is 334 g/mol. The van der Waals surface area contributed by atoms with Gasteiger partial charge in [-0.05, 0) is 23.8 Å². The number of nitrogens with zero attached hydrogens (tertiary/aromatic N) is 1. The highest BCUT2D eigenvalue weighted by Gasteiger charge is 2.23. The van der Waals surface area contributed by atoms with E-state index < -0.39 is 0 Å². The number of nitrogens with one attached hydrogen (secondary N) is 1. The first kappa shape index (κ1) is 16.7. The summed E-state index contributed by atoms with van der Waals surface area (Å²) in [6.07, 6.45) is 2.02. The summed E-state index contributed by atoms with van der Waals surface area (Å²) in [4.78, 5) is 17.2. The third-order valence-electron chi connectivity index (χ3n) is 3.10. The molecule has 2 aromatic rings. The van der Waals surface area contributed by atoms with Crippen LogP contribution in [0.4, 0.5) is 5.13 Å². The van der Waals surface area contributed by atoms with Crippen LogP contribution in [0.15, 0.2) is 36.9 Å². The fourth-order valence-corrected chi connectivity index (χ4v) is 3.39. The molecule has 1 aromatic carbocycles. The van der Waals surface area contributed by atoms with E-state index >= 15 is 0 Å². The van der Waals surface area contributed by atoms with Crippen molar-refractivity contribution in [3.8, 4) is 0 Å². The minimum Gasteiger partial charge on any atom is -0.298 e. The van der Waals surface area contributed by atoms with Crippen molar-refractivity contribution in [3.05, 3.63) is 58.1 Å². The zero-order chi connectivity index (χ0) is 16.3. The SMILES string of the molecule is C=CC(=O)Nc1nc(C(C)(C)C)c(Cc2ccc(Cl)cc2)s1. The molecule has 0 atom stereocenters. The van der Waals surface area contributed by atoms with E-state index in [1.54, 1.807) is 0 Å². The van der Waals surface area contributed by atoms with E-state index in [4.69, 9.17) is 11.6 Å². The van der Waals surface area contributed by atoms with Crippen LogP contribution in [0.2, 0.25) is 5.02 Å². The Morgan fingerprint density at radius 1 is 1.36 bits per heavy atom. The molecule has 116 valence electrons. The molecule has 0 fully saturated rings. The molecule has 22 heavy (non-hydrogen) atoms. The van der Waals surface area contributed by atoms with Gasteiger partial charge < -0.3 is 0 Å². The van der Waals surface area contributed by atoms with Crippen LogP contribution in [0.3, 0.4) is 0 Å². The normalized spacial score (nSPS) is 11.3. The molecule has 3 nitrogen and oxygen atoms in total. The second-order valence-corrected chi connectivity index (χ2v) is 7.56. The number of thiazole rings is 1. The molecule has 2 rings (SSSR count). The number of amides is 1. The van der Waals surface area contributed by atoms with E-state index in [-0.39, 0.29) is 11.3 Å². The molecule has 0 unspecified atom stereocenters. The van der Waals surface area contributed by atoms with Crippen molar-refractivity contribution in [2.24, 2.45) is 0 Å². The Labute approximate surface area is 140 Å². The van der Waals surface area contributed by atoms with Gasteiger partial charge >= 0.3 is 0 Å². The second kappa shape index (κ2) is 6.63. The van der Waals surface area contributed by atoms with Gasteiger partial charge in [0.2, 0.25) is 5.91 Å². The molecule has 1 heterocycles. The van der Waals surface area contributed by atoms with E-state index in [1.807, 2.05) is 24.3 Å². The number of aromatic nitrogens is 1. The molecule has 1 amide bonds. The first-order chi connectivity index (χ1) is 10.3. The lowest BCUT2D eigenvalue weighted by atomic mass is 9.90. The Hall–Kier alpha value is -1.65. The van der Waals surface area contributed by atoms with Gasteiger partial charge in [-0.1, -0.05) is 51.1 Å². The van der Waals surface area contributed by atoms with Crippen molar-refractivity contribution in [2.45, 2.75) is 32.6 Å². The van der Waals surface area contributed by atoms with E-state index in [0.29, 0.717) is 5.13 Å². The first-order valence-electron chi connectivity index (χ1n) is 6.97. The average molecular weight is 335 g/mol. The predicted octanol–water partition coefficient (Wildman–Crippen LogP) is 4.81. The minimum atomic E-state index is -0.243. The smallest absolute Gasteiger partial charge is 0.249 e. The van der Waals surface area contributed by atoms with Gasteiger partial charge in [-0.15, -0.1) is 11.3 Å². The Bertz CT molecular complexity index is 684. The van der Waals surface area contributed by atoms with Crippen LogP contribution in [0.25, 0.3) is 0 Å². The zero-order valence-electron chi connectivity index (χ0n) is 12.9. The van der Waals surface area contributed by atoms with Crippen LogP contribution in [-0.2, 0) is 16.6 Å². The molecule has 1 aromatic heterocycles. The minimum absolute atomic E-state index is 0.0879. The fraction of sp³-hybridized carbons (Fsp3) is 0.294. The summed E-state index contributed by atoms with van der Waals surface area (Å²) in [5, 5.41) is 4.08. The lowest BCUT2D eigenvalue weighted by Crippen LogP contribution is -2.15. The fourth-order valence-electron chi connectivity index (χ4n) is 2.06. The van der Waals surface area contributed by atoms with Gasteiger partial charge in [-0.25, -0.2) is 4.98 Å². The van der Waals surface area contributed by atoms with E-state index in [0.717, 1.165) is 22.0 Å². The van der Waals surface area contributed by atoms with Crippen molar-refractivity contribution >= 4 is 34.0 Å². The summed E-state index contributed by atoms with van der Waals surface area (Å²) in [6, 6.07) is 7.79. The quantitative estimate of drug-likeness (QED) is 0.815. The maximum Gasteiger partial charge on any atom is 0.249 e. The van der Waals surface area contributed by atoms with Gasteiger partial charge in [0.25, 0.3) is 0 Å². The van der Waals surface area contributed by atoms with Crippen LogP contribution >= 0.6 is 22.9 Å². The summed E-state index contributed by atoms with van der Waals surface area (Å²) in [5.74, 6) is -0.243. The van der Waals surface area contributed by atoms with Crippen LogP contribution in [0.5, 0.6) is 0 Å². The van der Waals surface area contributed by atoms with Crippen molar-refractivity contribution in [3.63, 3.8) is 0 Å². The maximum absolute atomic E-state index is 11.5. The molecule has 0 spiro atoms. The van der Waals surface area contributed by atoms with Crippen LogP contribution in [0, 0.1) is 0 Å². The molecular weight excluding hydrogens is 316 g/mol. The third kappa shape index (κ3) is 4.18. The van der Waals surface area contributed by atoms with Gasteiger partial charge in [-0.3, -0.25) is 10.1 Å². The standard InChI is InChI=1S/C17H19ClN2OS/c1-5-14(21)19-16-20-15(17(2,3)4)13(22-16)10-11-6-8-12(18)9-7-11/h5-9H,1,10H2,2-4H3,(H,19,20,21).